The second-order valence-corrected chi connectivity index (χ2v) is 9.83. The van der Waals surface area contributed by atoms with Gasteiger partial charge in [0.2, 0.25) is 0 Å². The van der Waals surface area contributed by atoms with Crippen LogP contribution in [0.25, 0.3) is 16.9 Å². The number of nitrogens with one attached hydrogen (secondary N) is 1. The van der Waals surface area contributed by atoms with Gasteiger partial charge in [0, 0.05) is 16.3 Å². The molecule has 0 bridgehead atoms. The van der Waals surface area contributed by atoms with E-state index in [9.17, 15) is 13.2 Å². The fraction of sp³-hybridized carbons (Fsp3) is 0.167. The number of hydrogen-bond acceptors (Lipinski definition) is 7. The second-order valence-electron chi connectivity index (χ2n) is 7.47. The summed E-state index contributed by atoms with van der Waals surface area (Å²) in [4.78, 5) is 16.4. The van der Waals surface area contributed by atoms with Crippen LogP contribution in [-0.4, -0.2) is 36.9 Å². The molecule has 0 unspecified atom stereocenters. The molecule has 4 rings (SSSR count). The number of esters is 1. The van der Waals surface area contributed by atoms with Crippen molar-refractivity contribution in [3.05, 3.63) is 76.4 Å². The first kappa shape index (κ1) is 24.8. The predicted molar refractivity (Wildman–Crippen MR) is 135 cm³/mol. The van der Waals surface area contributed by atoms with Crippen molar-refractivity contribution in [1.82, 2.24) is 9.38 Å². The van der Waals surface area contributed by atoms with Crippen LogP contribution in [0.15, 0.2) is 65.6 Å². The first-order valence-electron chi connectivity index (χ1n) is 10.6. The van der Waals surface area contributed by atoms with Crippen LogP contribution in [0, 0.1) is 6.92 Å². The van der Waals surface area contributed by atoms with Crippen molar-refractivity contribution in [3.8, 4) is 17.0 Å². The van der Waals surface area contributed by atoms with Crippen molar-refractivity contribution in [1.29, 1.82) is 0 Å². The zero-order chi connectivity index (χ0) is 25.2. The van der Waals surface area contributed by atoms with Crippen LogP contribution < -0.4 is 9.50 Å². The molecule has 0 saturated carbocycles. The zero-order valence-electron chi connectivity index (χ0n) is 18.8. The van der Waals surface area contributed by atoms with Gasteiger partial charge in [0.15, 0.2) is 0 Å². The summed E-state index contributed by atoms with van der Waals surface area (Å²) in [5.74, 6) is 0.205. The van der Waals surface area contributed by atoms with Gasteiger partial charge in [-0.1, -0.05) is 41.4 Å². The molecule has 182 valence electrons. The van der Waals surface area contributed by atoms with Crippen molar-refractivity contribution in [2.24, 2.45) is 0 Å². The Morgan fingerprint density at radius 3 is 2.63 bits per heavy atom. The number of halogens is 2. The summed E-state index contributed by atoms with van der Waals surface area (Å²) in [6.07, 6.45) is 0. The van der Waals surface area contributed by atoms with Crippen molar-refractivity contribution in [2.75, 3.05) is 18.5 Å². The molecule has 0 saturated heterocycles. The van der Waals surface area contributed by atoms with E-state index in [-0.39, 0.29) is 33.8 Å². The minimum absolute atomic E-state index is 0.00756. The molecule has 2 aromatic carbocycles. The van der Waals surface area contributed by atoms with Crippen LogP contribution in [0.5, 0.6) is 5.75 Å². The quantitative estimate of drug-likeness (QED) is 0.240. The molecule has 0 aliphatic carbocycles. The number of fused-ring (bicyclic) bond motifs is 1. The molecule has 0 fully saturated rings. The number of carbonyl (C=O) groups excluding carboxylic acids is 1. The van der Waals surface area contributed by atoms with E-state index in [0.717, 1.165) is 5.69 Å². The maximum Gasteiger partial charge on any atom is 0.340 e. The molecular weight excluding hydrogens is 513 g/mol. The van der Waals surface area contributed by atoms with Gasteiger partial charge in [-0.25, -0.2) is 4.98 Å². The van der Waals surface area contributed by atoms with Gasteiger partial charge in [-0.15, -0.1) is 0 Å². The lowest BCUT2D eigenvalue weighted by Gasteiger charge is -2.12. The number of rotatable bonds is 8. The van der Waals surface area contributed by atoms with E-state index in [1.165, 1.54) is 24.3 Å². The molecule has 0 amide bonds. The Morgan fingerprint density at radius 1 is 1.09 bits per heavy atom. The Hall–Kier alpha value is -3.27. The Kier molecular flexibility index (Phi) is 7.20. The van der Waals surface area contributed by atoms with Gasteiger partial charge in [-0.05, 0) is 56.3 Å². The highest BCUT2D eigenvalue weighted by molar-refractivity contribution is 7.87. The zero-order valence-corrected chi connectivity index (χ0v) is 21.1. The summed E-state index contributed by atoms with van der Waals surface area (Å²) >= 11 is 12.0. The van der Waals surface area contributed by atoms with E-state index >= 15 is 0 Å². The van der Waals surface area contributed by atoms with E-state index < -0.39 is 16.1 Å². The number of aromatic nitrogens is 2. The molecule has 11 heteroatoms. The standard InChI is InChI=1S/C24H21Cl2N3O5S/c1-3-33-22(30)14-27-24-23(28-21-9-4-6-15(2)29(21)24)16-7-5-8-18(12-16)34-35(31,32)20-13-17(25)10-11-19(20)26/h4-13,27H,3,14H2,1-2H3. The lowest BCUT2D eigenvalue weighted by atomic mass is 10.1. The minimum atomic E-state index is -4.25. The number of benzene rings is 2. The monoisotopic (exact) mass is 533 g/mol. The minimum Gasteiger partial charge on any atom is -0.465 e. The maximum absolute atomic E-state index is 12.9. The number of nitrogens with zero attached hydrogens (tertiary/aromatic N) is 2. The lowest BCUT2D eigenvalue weighted by molar-refractivity contribution is -0.140. The average Bonchev–Trinajstić information content (AvgIpc) is 3.19. The number of hydrogen-bond donors (Lipinski definition) is 1. The largest absolute Gasteiger partial charge is 0.465 e. The van der Waals surface area contributed by atoms with Crippen molar-refractivity contribution < 1.29 is 22.1 Å². The number of ether oxygens (including phenoxy) is 1. The van der Waals surface area contributed by atoms with Crippen molar-refractivity contribution in [3.63, 3.8) is 0 Å². The molecule has 1 N–H and O–H groups in total. The highest BCUT2D eigenvalue weighted by Crippen LogP contribution is 2.33. The molecule has 2 heterocycles. The Morgan fingerprint density at radius 2 is 1.86 bits per heavy atom. The number of pyridine rings is 1. The van der Waals surface area contributed by atoms with Crippen LogP contribution in [-0.2, 0) is 19.6 Å². The first-order chi connectivity index (χ1) is 16.7. The molecule has 8 nitrogen and oxygen atoms in total. The maximum atomic E-state index is 12.9. The van der Waals surface area contributed by atoms with E-state index in [4.69, 9.17) is 37.1 Å². The second kappa shape index (κ2) is 10.2. The molecule has 0 aliphatic rings. The SMILES string of the molecule is CCOC(=O)CNc1c(-c2cccc(OS(=O)(=O)c3cc(Cl)ccc3Cl)c2)nc2cccc(C)n12. The van der Waals surface area contributed by atoms with Gasteiger partial charge in [0.1, 0.15) is 34.3 Å². The molecule has 0 radical (unpaired) electrons. The van der Waals surface area contributed by atoms with Gasteiger partial charge >= 0.3 is 16.1 Å². The van der Waals surface area contributed by atoms with Crippen molar-refractivity contribution >= 4 is 50.8 Å². The fourth-order valence-corrected chi connectivity index (χ4v) is 5.19. The summed E-state index contributed by atoms with van der Waals surface area (Å²) in [5, 5.41) is 3.31. The number of anilines is 1. The number of aryl methyl sites for hydroxylation is 1. The third-order valence-corrected chi connectivity index (χ3v) is 6.99. The Bertz CT molecular complexity index is 1520. The van der Waals surface area contributed by atoms with Gasteiger partial charge in [-0.2, -0.15) is 8.42 Å². The molecular formula is C24H21Cl2N3O5S. The molecule has 0 spiro atoms. The molecule has 0 atom stereocenters. The summed E-state index contributed by atoms with van der Waals surface area (Å²) in [6.45, 7) is 3.84. The predicted octanol–water partition coefficient (Wildman–Crippen LogP) is 5.36. The lowest BCUT2D eigenvalue weighted by Crippen LogP contribution is -2.18. The van der Waals surface area contributed by atoms with E-state index in [1.54, 1.807) is 25.1 Å². The van der Waals surface area contributed by atoms with E-state index in [0.29, 0.717) is 22.7 Å². The third kappa shape index (κ3) is 5.37. The normalized spacial score (nSPS) is 11.4. The summed E-state index contributed by atoms with van der Waals surface area (Å²) in [7, 11) is -4.25. The summed E-state index contributed by atoms with van der Waals surface area (Å²) in [5.41, 5.74) is 2.62. The smallest absolute Gasteiger partial charge is 0.340 e. The fourth-order valence-electron chi connectivity index (χ4n) is 3.52. The van der Waals surface area contributed by atoms with Crippen molar-refractivity contribution in [2.45, 2.75) is 18.7 Å². The molecule has 35 heavy (non-hydrogen) atoms. The van der Waals surface area contributed by atoms with Crippen LogP contribution in [0.1, 0.15) is 12.6 Å². The highest BCUT2D eigenvalue weighted by Gasteiger charge is 2.22. The van der Waals surface area contributed by atoms with Gasteiger partial charge in [-0.3, -0.25) is 9.20 Å². The molecule has 0 aliphatic heterocycles. The highest BCUT2D eigenvalue weighted by atomic mass is 35.5. The van der Waals surface area contributed by atoms with Gasteiger partial charge in [0.25, 0.3) is 0 Å². The van der Waals surface area contributed by atoms with Gasteiger partial charge in [0.05, 0.1) is 11.6 Å². The van der Waals surface area contributed by atoms with Crippen LogP contribution in [0.2, 0.25) is 10.0 Å². The molecule has 2 aromatic heterocycles. The first-order valence-corrected chi connectivity index (χ1v) is 12.7. The Labute approximate surface area is 212 Å². The van der Waals surface area contributed by atoms with Crippen LogP contribution in [0.3, 0.4) is 0 Å². The summed E-state index contributed by atoms with van der Waals surface area (Å²) in [6, 6.07) is 16.2. The summed E-state index contributed by atoms with van der Waals surface area (Å²) < 4.78 is 38.0. The Balaban J connectivity index is 1.73. The number of carbonyl (C=O) groups is 1. The van der Waals surface area contributed by atoms with E-state index in [2.05, 4.69) is 5.32 Å². The van der Waals surface area contributed by atoms with Gasteiger partial charge < -0.3 is 14.2 Å². The topological polar surface area (TPSA) is 99.0 Å². The number of imidazole rings is 1. The average molecular weight is 534 g/mol. The van der Waals surface area contributed by atoms with E-state index in [1.807, 2.05) is 29.5 Å². The molecule has 4 aromatic rings. The van der Waals surface area contributed by atoms with Crippen LogP contribution >= 0.6 is 23.2 Å². The van der Waals surface area contributed by atoms with Crippen LogP contribution in [0.4, 0.5) is 5.82 Å². The third-order valence-electron chi connectivity index (χ3n) is 5.02.